The maximum Gasteiger partial charge on any atom is 0.267 e. The number of fused-ring (bicyclic) bond motifs is 2. The molecule has 1 fully saturated rings. The summed E-state index contributed by atoms with van der Waals surface area (Å²) in [6.45, 7) is -7.33. The molecular weight excluding hydrogens is 426 g/mol. The van der Waals surface area contributed by atoms with Gasteiger partial charge in [-0.2, -0.15) is 4.98 Å². The summed E-state index contributed by atoms with van der Waals surface area (Å²) in [6, 6.07) is 4.58. The van der Waals surface area contributed by atoms with Crippen molar-refractivity contribution in [2.24, 2.45) is 0 Å². The molecule has 5 rings (SSSR count). The lowest BCUT2D eigenvalue weighted by Crippen LogP contribution is -2.54. The first-order valence-corrected chi connectivity index (χ1v) is 9.58. The van der Waals surface area contributed by atoms with Crippen LogP contribution in [0.15, 0.2) is 36.4 Å². The largest absolute Gasteiger partial charge is 0.493 e. The number of para-hydroxylation sites is 2. The Bertz CT molecular complexity index is 1700. The first kappa shape index (κ1) is 10.3. The minimum Gasteiger partial charge on any atom is -0.493 e. The van der Waals surface area contributed by atoms with Gasteiger partial charge >= 0.3 is 0 Å². The van der Waals surface area contributed by atoms with Gasteiger partial charge in [-0.1, -0.05) is 12.1 Å². The molecule has 3 aromatic rings. The zero-order valence-corrected chi connectivity index (χ0v) is 16.8. The van der Waals surface area contributed by atoms with Crippen LogP contribution in [0, 0.1) is 0 Å². The highest BCUT2D eigenvalue weighted by Gasteiger charge is 2.33. The minimum absolute atomic E-state index is 0.169. The van der Waals surface area contributed by atoms with E-state index >= 15 is 0 Å². The Morgan fingerprint density at radius 3 is 2.73 bits per heavy atom. The van der Waals surface area contributed by atoms with Crippen LogP contribution in [0.25, 0.3) is 10.9 Å². The van der Waals surface area contributed by atoms with Gasteiger partial charge in [0, 0.05) is 37.5 Å². The molecule has 1 unspecified atom stereocenters. The number of hydrogen-bond donors (Lipinski definition) is 1. The van der Waals surface area contributed by atoms with E-state index in [1.165, 1.54) is 0 Å². The average molecular weight is 466 g/mol. The number of ether oxygens (including phenoxy) is 4. The SMILES string of the molecule is [2H]c1c(OC([2H])([2H])[2H])c(OC([2H])([2H])[2H])c([2H])c2c(N([2H])[2H])nc(N3C([2H])([2H])CN(C(=O)C4COc5ccccc5O4)CC3([2H])[2H])nc12. The number of carbonyl (C=O) groups excluding carboxylic acids is 1. The van der Waals surface area contributed by atoms with Crippen LogP contribution in [0.3, 0.4) is 0 Å². The zero-order chi connectivity index (χ0) is 34.9. The maximum atomic E-state index is 13.4. The van der Waals surface area contributed by atoms with E-state index in [2.05, 4.69) is 9.97 Å². The van der Waals surface area contributed by atoms with Gasteiger partial charge in [0.1, 0.15) is 12.4 Å². The van der Waals surface area contributed by atoms with Gasteiger partial charge in [0.25, 0.3) is 5.91 Å². The molecule has 10 nitrogen and oxygen atoms in total. The van der Waals surface area contributed by atoms with Gasteiger partial charge in [-0.15, -0.1) is 0 Å². The minimum atomic E-state index is -3.29. The summed E-state index contributed by atoms with van der Waals surface area (Å²) in [5.74, 6) is -3.91. The predicted molar refractivity (Wildman–Crippen MR) is 122 cm³/mol. The first-order chi connectivity index (χ1) is 21.6. The molecule has 0 radical (unpaired) electrons. The van der Waals surface area contributed by atoms with E-state index in [4.69, 9.17) is 38.2 Å². The third-order valence-electron chi connectivity index (χ3n) is 4.89. The van der Waals surface area contributed by atoms with Gasteiger partial charge in [0.2, 0.25) is 12.1 Å². The summed E-state index contributed by atoms with van der Waals surface area (Å²) in [5, 5.41) is -0.648. The van der Waals surface area contributed by atoms with Crippen molar-refractivity contribution >= 4 is 28.6 Å². The lowest BCUT2D eigenvalue weighted by atomic mass is 10.2. The molecule has 1 atom stereocenters. The number of nitrogens with zero attached hydrogens (tertiary/aromatic N) is 4. The van der Waals surface area contributed by atoms with Crippen molar-refractivity contribution in [1.82, 2.24) is 14.9 Å². The molecular formula is C23H25N5O5. The van der Waals surface area contributed by atoms with Gasteiger partial charge in [-0.05, 0) is 18.2 Å². The third kappa shape index (κ3) is 3.88. The second-order valence-electron chi connectivity index (χ2n) is 6.89. The van der Waals surface area contributed by atoms with Crippen molar-refractivity contribution in [1.29, 1.82) is 0 Å². The van der Waals surface area contributed by atoms with E-state index in [1.54, 1.807) is 24.3 Å². The van der Waals surface area contributed by atoms with Gasteiger partial charge in [0.15, 0.2) is 25.8 Å². The molecule has 0 aliphatic carbocycles. The molecule has 0 saturated carbocycles. The molecule has 2 aliphatic heterocycles. The van der Waals surface area contributed by atoms with Crippen molar-refractivity contribution in [2.75, 3.05) is 57.4 Å². The fourth-order valence-electron chi connectivity index (χ4n) is 3.29. The van der Waals surface area contributed by atoms with Crippen LogP contribution in [-0.2, 0) is 4.79 Å². The zero-order valence-electron chi connectivity index (χ0n) is 30.8. The third-order valence-corrected chi connectivity index (χ3v) is 4.89. The number of amides is 1. The molecule has 172 valence electrons. The number of rotatable bonds is 5. The summed E-state index contributed by atoms with van der Waals surface area (Å²) in [5.41, 5.74) is -0.884. The normalized spacial score (nSPS) is 27.6. The quantitative estimate of drug-likeness (QED) is 0.602. The Morgan fingerprint density at radius 1 is 1.21 bits per heavy atom. The van der Waals surface area contributed by atoms with E-state index < -0.39 is 98.4 Å². The van der Waals surface area contributed by atoms with Crippen molar-refractivity contribution in [3.8, 4) is 23.0 Å². The summed E-state index contributed by atoms with van der Waals surface area (Å²) < 4.78 is 133. The predicted octanol–water partition coefficient (Wildman–Crippen LogP) is 1.72. The number of anilines is 2. The second kappa shape index (κ2) is 8.53. The van der Waals surface area contributed by atoms with Crippen LogP contribution in [0.4, 0.5) is 11.8 Å². The molecule has 0 bridgehead atoms. The van der Waals surface area contributed by atoms with Crippen LogP contribution >= 0.6 is 0 Å². The molecule has 10 heteroatoms. The molecule has 1 aromatic heterocycles. The molecule has 2 aromatic carbocycles. The monoisotopic (exact) mass is 465 g/mol. The Labute approximate surface area is 210 Å². The highest BCUT2D eigenvalue weighted by Crippen LogP contribution is 2.34. The van der Waals surface area contributed by atoms with Gasteiger partial charge in [-0.3, -0.25) is 4.79 Å². The number of benzene rings is 2. The molecule has 3 heterocycles. The number of nitrogen functional groups attached to an aromatic ring is 1. The number of aromatic nitrogens is 2. The Hall–Kier alpha value is -3.95. The van der Waals surface area contributed by atoms with E-state index in [0.717, 1.165) is 4.90 Å². The molecule has 1 amide bonds. The van der Waals surface area contributed by atoms with Crippen LogP contribution in [-0.4, -0.2) is 73.6 Å². The average Bonchev–Trinajstić information content (AvgIpc) is 2.94. The van der Waals surface area contributed by atoms with E-state index in [0.29, 0.717) is 10.6 Å². The number of methoxy groups -OCH3 is 2. The van der Waals surface area contributed by atoms with Gasteiger partial charge in [-0.25, -0.2) is 4.98 Å². The van der Waals surface area contributed by atoms with Gasteiger partial charge in [0.05, 0.1) is 36.0 Å². The smallest absolute Gasteiger partial charge is 0.267 e. The molecule has 2 N–H and O–H groups in total. The van der Waals surface area contributed by atoms with Crippen molar-refractivity contribution < 1.29 is 43.0 Å². The van der Waals surface area contributed by atoms with Crippen molar-refractivity contribution in [3.63, 3.8) is 0 Å². The van der Waals surface area contributed by atoms with Crippen molar-refractivity contribution in [2.45, 2.75) is 6.10 Å². The fourth-order valence-corrected chi connectivity index (χ4v) is 3.29. The van der Waals surface area contributed by atoms with E-state index in [1.807, 2.05) is 0 Å². The fraction of sp³-hybridized carbons (Fsp3) is 0.348. The summed E-state index contributed by atoms with van der Waals surface area (Å²) in [4.78, 5) is 22.7. The Balaban J connectivity index is 1.59. The highest BCUT2D eigenvalue weighted by atomic mass is 16.6. The maximum absolute atomic E-state index is 13.4. The summed E-state index contributed by atoms with van der Waals surface area (Å²) in [6.07, 6.45) is -1.23. The van der Waals surface area contributed by atoms with Gasteiger partial charge < -0.3 is 34.5 Å². The standard InChI is InChI=1S/C23H25N5O5/c1-30-18-11-14-15(12-19(18)31-2)25-23(26-21(14)24)28-9-7-27(8-10-28)22(29)20-13-32-16-5-3-4-6-17(16)33-20/h3-6,11-12,20H,7-10,13H2,1-2H3,(H2,24,25,26)/i1D3,2D3,9D2,10D2,11D,12D/hD2. The number of carbonyl (C=O) groups is 1. The summed E-state index contributed by atoms with van der Waals surface area (Å²) in [7, 11) is -6.56. The van der Waals surface area contributed by atoms with Crippen LogP contribution in [0.2, 0.25) is 2.82 Å². The summed E-state index contributed by atoms with van der Waals surface area (Å²) >= 11 is 0. The highest BCUT2D eigenvalue weighted by molar-refractivity contribution is 5.91. The number of nitrogens with two attached hydrogens (primary N) is 1. The second-order valence-corrected chi connectivity index (χ2v) is 6.89. The topological polar surface area (TPSA) is 112 Å². The van der Waals surface area contributed by atoms with E-state index in [9.17, 15) is 4.79 Å². The number of piperazine rings is 1. The lowest BCUT2D eigenvalue weighted by Gasteiger charge is -2.37. The van der Waals surface area contributed by atoms with Crippen molar-refractivity contribution in [3.05, 3.63) is 36.4 Å². The molecule has 33 heavy (non-hydrogen) atoms. The Kier molecular flexibility index (Phi) is 2.67. The van der Waals surface area contributed by atoms with Crippen LogP contribution in [0.1, 0.15) is 16.4 Å². The number of hydrogen-bond acceptors (Lipinski definition) is 9. The molecule has 0 spiro atoms. The van der Waals surface area contributed by atoms with Crippen LogP contribution in [0.5, 0.6) is 23.0 Å². The lowest BCUT2D eigenvalue weighted by molar-refractivity contribution is -0.141. The van der Waals surface area contributed by atoms with Crippen LogP contribution < -0.4 is 29.6 Å². The van der Waals surface area contributed by atoms with E-state index in [-0.39, 0.29) is 18.1 Å². The molecule has 2 aliphatic rings. The first-order valence-electron chi connectivity index (χ1n) is 16.5. The Morgan fingerprint density at radius 2 is 1.97 bits per heavy atom. The molecule has 1 saturated heterocycles.